The molecule has 26 heavy (non-hydrogen) atoms. The maximum absolute atomic E-state index is 12.6. The number of aromatic nitrogens is 1. The summed E-state index contributed by atoms with van der Waals surface area (Å²) in [4.78, 5) is 18.9. The van der Waals surface area contributed by atoms with Crippen molar-refractivity contribution < 1.29 is 14.3 Å². The maximum atomic E-state index is 12.6. The molecule has 0 fully saturated rings. The molecule has 0 radical (unpaired) electrons. The Hall–Kier alpha value is -2.60. The summed E-state index contributed by atoms with van der Waals surface area (Å²) in [6, 6.07) is 15.2. The fourth-order valence-corrected chi connectivity index (χ4v) is 3.60. The molecule has 2 aromatic carbocycles. The molecule has 1 heterocycles. The molecule has 0 aliphatic rings. The van der Waals surface area contributed by atoms with Crippen molar-refractivity contribution in [2.24, 2.45) is 0 Å². The van der Waals surface area contributed by atoms with E-state index in [9.17, 15) is 4.79 Å². The van der Waals surface area contributed by atoms with E-state index in [2.05, 4.69) is 4.98 Å². The number of ether oxygens (including phenoxy) is 2. The number of hydrogen-bond donors (Lipinski definition) is 0. The minimum Gasteiger partial charge on any atom is -0.490 e. The quantitative estimate of drug-likeness (QED) is 0.622. The zero-order valence-corrected chi connectivity index (χ0v) is 16.0. The first-order valence-electron chi connectivity index (χ1n) is 8.56. The van der Waals surface area contributed by atoms with Crippen LogP contribution >= 0.6 is 11.3 Å². The van der Waals surface area contributed by atoms with Crippen LogP contribution in [0.15, 0.2) is 48.5 Å². The Balaban J connectivity index is 1.65. The van der Waals surface area contributed by atoms with Crippen molar-refractivity contribution in [1.29, 1.82) is 0 Å². The van der Waals surface area contributed by atoms with Crippen LogP contribution in [0.4, 0.5) is 0 Å². The summed E-state index contributed by atoms with van der Waals surface area (Å²) in [5, 5.41) is 0.914. The molecule has 1 aromatic heterocycles. The normalized spacial score (nSPS) is 12.0. The van der Waals surface area contributed by atoms with Gasteiger partial charge in [-0.2, -0.15) is 0 Å². The van der Waals surface area contributed by atoms with Gasteiger partial charge in [-0.3, -0.25) is 4.79 Å². The van der Waals surface area contributed by atoms with Crippen LogP contribution in [0.2, 0.25) is 0 Å². The van der Waals surface area contributed by atoms with Gasteiger partial charge in [-0.1, -0.05) is 24.3 Å². The highest BCUT2D eigenvalue weighted by Crippen LogP contribution is 2.29. The standard InChI is InChI=1S/C20H22N2O3S/c1-4-24-16-10-6-7-11-17(16)25-13-19(23)22(3)14(2)20-21-15-9-5-8-12-18(15)26-20/h5-12,14H,4,13H2,1-3H3/t14-/m0/s1. The number of carbonyl (C=O) groups excluding carboxylic acids is 1. The summed E-state index contributed by atoms with van der Waals surface area (Å²) in [7, 11) is 1.77. The second-order valence-corrected chi connectivity index (χ2v) is 6.93. The van der Waals surface area contributed by atoms with E-state index in [1.54, 1.807) is 29.4 Å². The van der Waals surface area contributed by atoms with Crippen LogP contribution in [-0.2, 0) is 4.79 Å². The molecule has 0 bridgehead atoms. The van der Waals surface area contributed by atoms with Gasteiger partial charge >= 0.3 is 0 Å². The van der Waals surface area contributed by atoms with Gasteiger partial charge in [0.1, 0.15) is 5.01 Å². The number of hydrogen-bond acceptors (Lipinski definition) is 5. The molecule has 0 aliphatic heterocycles. The minimum atomic E-state index is -0.120. The first-order valence-corrected chi connectivity index (χ1v) is 9.37. The van der Waals surface area contributed by atoms with Gasteiger partial charge in [-0.25, -0.2) is 4.98 Å². The van der Waals surface area contributed by atoms with Crippen molar-refractivity contribution >= 4 is 27.5 Å². The van der Waals surface area contributed by atoms with Crippen molar-refractivity contribution in [1.82, 2.24) is 9.88 Å². The van der Waals surface area contributed by atoms with E-state index >= 15 is 0 Å². The number of rotatable bonds is 7. The number of benzene rings is 2. The third-order valence-corrected chi connectivity index (χ3v) is 5.35. The lowest BCUT2D eigenvalue weighted by atomic mass is 10.3. The number of amides is 1. The van der Waals surface area contributed by atoms with Gasteiger partial charge in [0, 0.05) is 7.05 Å². The van der Waals surface area contributed by atoms with Crippen LogP contribution in [0.5, 0.6) is 11.5 Å². The van der Waals surface area contributed by atoms with Crippen LogP contribution in [-0.4, -0.2) is 36.1 Å². The average molecular weight is 370 g/mol. The first-order chi connectivity index (χ1) is 12.6. The summed E-state index contributed by atoms with van der Waals surface area (Å²) in [5.74, 6) is 1.11. The van der Waals surface area contributed by atoms with Gasteiger partial charge in [-0.15, -0.1) is 11.3 Å². The van der Waals surface area contributed by atoms with Crippen LogP contribution in [0, 0.1) is 0 Å². The predicted molar refractivity (Wildman–Crippen MR) is 104 cm³/mol. The largest absolute Gasteiger partial charge is 0.490 e. The SMILES string of the molecule is CCOc1ccccc1OCC(=O)N(C)[C@@H](C)c1nc2ccccc2s1. The van der Waals surface area contributed by atoms with E-state index in [4.69, 9.17) is 9.47 Å². The molecule has 0 saturated heterocycles. The molecular formula is C20H22N2O3S. The first kappa shape index (κ1) is 18.2. The van der Waals surface area contributed by atoms with Crippen LogP contribution < -0.4 is 9.47 Å². The van der Waals surface area contributed by atoms with Crippen molar-refractivity contribution in [3.05, 3.63) is 53.5 Å². The summed E-state index contributed by atoms with van der Waals surface area (Å²) >= 11 is 1.61. The molecule has 0 unspecified atom stereocenters. The van der Waals surface area contributed by atoms with Gasteiger partial charge in [0.05, 0.1) is 22.9 Å². The zero-order valence-electron chi connectivity index (χ0n) is 15.1. The highest BCUT2D eigenvalue weighted by Gasteiger charge is 2.21. The number of likely N-dealkylation sites (N-methyl/N-ethyl adjacent to an activating group) is 1. The Morgan fingerprint density at radius 1 is 1.12 bits per heavy atom. The fourth-order valence-electron chi connectivity index (χ4n) is 2.54. The molecule has 6 heteroatoms. The molecule has 0 aliphatic carbocycles. The van der Waals surface area contributed by atoms with Gasteiger partial charge in [0.2, 0.25) is 0 Å². The predicted octanol–water partition coefficient (Wildman–Crippen LogP) is 4.29. The lowest BCUT2D eigenvalue weighted by molar-refractivity contribution is -0.134. The lowest BCUT2D eigenvalue weighted by Crippen LogP contribution is -2.33. The van der Waals surface area contributed by atoms with Crippen molar-refractivity contribution in [3.63, 3.8) is 0 Å². The molecule has 0 saturated carbocycles. The van der Waals surface area contributed by atoms with Gasteiger partial charge in [0.15, 0.2) is 18.1 Å². The van der Waals surface area contributed by atoms with Crippen molar-refractivity contribution in [3.8, 4) is 11.5 Å². The smallest absolute Gasteiger partial charge is 0.260 e. The monoisotopic (exact) mass is 370 g/mol. The highest BCUT2D eigenvalue weighted by molar-refractivity contribution is 7.18. The topological polar surface area (TPSA) is 51.7 Å². The molecule has 3 aromatic rings. The second kappa shape index (κ2) is 8.19. The van der Waals surface area contributed by atoms with E-state index in [0.29, 0.717) is 18.1 Å². The van der Waals surface area contributed by atoms with E-state index in [0.717, 1.165) is 15.2 Å². The lowest BCUT2D eigenvalue weighted by Gasteiger charge is -2.23. The Morgan fingerprint density at radius 2 is 1.77 bits per heavy atom. The zero-order chi connectivity index (χ0) is 18.5. The van der Waals surface area contributed by atoms with E-state index in [-0.39, 0.29) is 18.6 Å². The average Bonchev–Trinajstić information content (AvgIpc) is 3.10. The summed E-state index contributed by atoms with van der Waals surface area (Å²) < 4.78 is 12.3. The van der Waals surface area contributed by atoms with Crippen LogP contribution in [0.25, 0.3) is 10.2 Å². The van der Waals surface area contributed by atoms with E-state index in [1.807, 2.05) is 56.3 Å². The second-order valence-electron chi connectivity index (χ2n) is 5.87. The van der Waals surface area contributed by atoms with Crippen molar-refractivity contribution in [2.45, 2.75) is 19.9 Å². The molecule has 136 valence electrons. The summed E-state index contributed by atoms with van der Waals surface area (Å²) in [6.07, 6.45) is 0. The molecule has 0 N–H and O–H groups in total. The molecular weight excluding hydrogens is 348 g/mol. The van der Waals surface area contributed by atoms with E-state index < -0.39 is 0 Å². The van der Waals surface area contributed by atoms with Gasteiger partial charge in [-0.05, 0) is 38.1 Å². The molecule has 0 spiro atoms. The molecule has 1 atom stereocenters. The molecule has 1 amide bonds. The van der Waals surface area contributed by atoms with Crippen LogP contribution in [0.3, 0.4) is 0 Å². The Bertz CT molecular complexity index is 860. The number of thiazole rings is 1. The maximum Gasteiger partial charge on any atom is 0.260 e. The number of carbonyl (C=O) groups is 1. The number of nitrogens with zero attached hydrogens (tertiary/aromatic N) is 2. The third-order valence-electron chi connectivity index (χ3n) is 4.14. The van der Waals surface area contributed by atoms with Gasteiger partial charge < -0.3 is 14.4 Å². The summed E-state index contributed by atoms with van der Waals surface area (Å²) in [5.41, 5.74) is 0.960. The van der Waals surface area contributed by atoms with Crippen molar-refractivity contribution in [2.75, 3.05) is 20.3 Å². The Labute approximate surface area is 157 Å². The minimum absolute atomic E-state index is 0.0458. The number of para-hydroxylation sites is 3. The van der Waals surface area contributed by atoms with E-state index in [1.165, 1.54) is 0 Å². The Morgan fingerprint density at radius 3 is 2.46 bits per heavy atom. The third kappa shape index (κ3) is 3.96. The van der Waals surface area contributed by atoms with Crippen LogP contribution in [0.1, 0.15) is 24.9 Å². The molecule has 3 rings (SSSR count). The Kier molecular flexibility index (Phi) is 5.73. The summed E-state index contributed by atoms with van der Waals surface area (Å²) in [6.45, 7) is 4.39. The van der Waals surface area contributed by atoms with Gasteiger partial charge in [0.25, 0.3) is 5.91 Å². The number of fused-ring (bicyclic) bond motifs is 1. The fraction of sp³-hybridized carbons (Fsp3) is 0.300. The highest BCUT2D eigenvalue weighted by atomic mass is 32.1. The molecule has 5 nitrogen and oxygen atoms in total.